The van der Waals surface area contributed by atoms with Crippen molar-refractivity contribution >= 4 is 0 Å². The molecule has 0 spiro atoms. The number of aliphatic hydroxyl groups is 2. The summed E-state index contributed by atoms with van der Waals surface area (Å²) in [5, 5.41) is 26.4. The minimum Gasteiger partial charge on any atom is -0.389 e. The Hall–Kier alpha value is -2.58. The Morgan fingerprint density at radius 2 is 0.892 bits per heavy atom. The van der Waals surface area contributed by atoms with Gasteiger partial charge in [-0.25, -0.2) is 0 Å². The monoisotopic (exact) mass is 505 g/mol. The van der Waals surface area contributed by atoms with E-state index in [9.17, 15) is 10.2 Å². The zero-order chi connectivity index (χ0) is 26.3. The van der Waals surface area contributed by atoms with Gasteiger partial charge in [0.1, 0.15) is 30.5 Å². The van der Waals surface area contributed by atoms with Gasteiger partial charge >= 0.3 is 0 Å². The molecule has 4 rings (SSSR count). The van der Waals surface area contributed by atoms with Crippen molar-refractivity contribution in [3.05, 3.63) is 108 Å². The Kier molecular flexibility index (Phi) is 9.49. The van der Waals surface area contributed by atoms with Gasteiger partial charge < -0.3 is 29.7 Å². The summed E-state index contributed by atoms with van der Waals surface area (Å²) in [5.74, 6) is 0. The summed E-state index contributed by atoms with van der Waals surface area (Å²) in [6.07, 6.45) is -4.19. The van der Waals surface area contributed by atoms with Crippen molar-refractivity contribution < 1.29 is 24.4 Å². The Morgan fingerprint density at radius 1 is 0.568 bits per heavy atom. The van der Waals surface area contributed by atoms with Crippen LogP contribution in [0, 0.1) is 0 Å². The molecule has 1 saturated carbocycles. The molecule has 0 aromatic heterocycles. The minimum atomic E-state index is -1.02. The first kappa shape index (κ1) is 27.5. The highest BCUT2D eigenvalue weighted by atomic mass is 16.6. The topological polar surface area (TPSA) is 80.2 Å². The first-order valence-corrected chi connectivity index (χ1v) is 12.9. The molecular weight excluding hydrogens is 466 g/mol. The van der Waals surface area contributed by atoms with Crippen molar-refractivity contribution in [2.24, 2.45) is 0 Å². The molecule has 6 heteroatoms. The van der Waals surface area contributed by atoms with Crippen LogP contribution in [0.5, 0.6) is 0 Å². The summed E-state index contributed by atoms with van der Waals surface area (Å²) in [6, 6.07) is 28.9. The number of ether oxygens (including phenoxy) is 3. The number of hydrogen-bond donors (Lipinski definition) is 3. The Bertz CT molecular complexity index is 1000. The number of aliphatic hydroxyl groups excluding tert-OH is 2. The second-order valence-corrected chi connectivity index (χ2v) is 10.7. The van der Waals surface area contributed by atoms with Gasteiger partial charge in [-0.3, -0.25) is 0 Å². The highest BCUT2D eigenvalue weighted by molar-refractivity contribution is 5.16. The summed E-state index contributed by atoms with van der Waals surface area (Å²) >= 11 is 0. The van der Waals surface area contributed by atoms with Gasteiger partial charge in [0.05, 0.1) is 25.9 Å². The molecular formula is C31H39NO5. The number of rotatable bonds is 10. The van der Waals surface area contributed by atoms with Crippen LogP contribution in [0.1, 0.15) is 37.5 Å². The zero-order valence-electron chi connectivity index (χ0n) is 21.9. The lowest BCUT2D eigenvalue weighted by molar-refractivity contribution is -0.242. The van der Waals surface area contributed by atoms with Crippen LogP contribution in [0.4, 0.5) is 0 Å². The third-order valence-corrected chi connectivity index (χ3v) is 6.51. The SMILES string of the molecule is CC(C)(C)NC1[C@@H](O)[C@H](OCc2ccccc2)C(OCc2ccccc2)[C@H](OCc2ccccc2)[C@H]1O. The van der Waals surface area contributed by atoms with Crippen molar-refractivity contribution in [1.82, 2.24) is 5.32 Å². The fourth-order valence-electron chi connectivity index (χ4n) is 4.73. The van der Waals surface area contributed by atoms with Crippen molar-refractivity contribution in [3.8, 4) is 0 Å². The normalized spacial score (nSPS) is 26.2. The Labute approximate surface area is 220 Å². The van der Waals surface area contributed by atoms with E-state index in [4.69, 9.17) is 14.2 Å². The van der Waals surface area contributed by atoms with E-state index in [0.29, 0.717) is 19.8 Å². The van der Waals surface area contributed by atoms with Gasteiger partial charge in [0.15, 0.2) is 0 Å². The average Bonchev–Trinajstić information content (AvgIpc) is 2.90. The first-order chi connectivity index (χ1) is 17.8. The molecule has 0 radical (unpaired) electrons. The van der Waals surface area contributed by atoms with Crippen LogP contribution in [0.15, 0.2) is 91.0 Å². The van der Waals surface area contributed by atoms with E-state index < -0.39 is 36.6 Å². The third kappa shape index (κ3) is 7.71. The maximum absolute atomic E-state index is 11.5. The molecule has 0 bridgehead atoms. The predicted octanol–water partition coefficient (Wildman–Crippen LogP) is 4.23. The standard InChI is InChI=1S/C31H39NO5/c1-31(2,3)32-25-26(33)28(35-19-22-13-7-4-8-14-22)30(37-21-24-17-11-6-12-18-24)29(27(25)34)36-20-23-15-9-5-10-16-23/h4-18,25-30,32-34H,19-21H2,1-3H3/t25?,26-,27+,28+,29-,30?. The molecule has 198 valence electrons. The van der Waals surface area contributed by atoms with Crippen LogP contribution >= 0.6 is 0 Å². The van der Waals surface area contributed by atoms with Crippen LogP contribution in [0.3, 0.4) is 0 Å². The number of nitrogens with one attached hydrogen (secondary N) is 1. The molecule has 0 saturated heterocycles. The van der Waals surface area contributed by atoms with Crippen LogP contribution in [-0.4, -0.2) is 52.3 Å². The molecule has 37 heavy (non-hydrogen) atoms. The van der Waals surface area contributed by atoms with E-state index >= 15 is 0 Å². The van der Waals surface area contributed by atoms with Gasteiger partial charge in [-0.15, -0.1) is 0 Å². The van der Waals surface area contributed by atoms with Crippen molar-refractivity contribution in [2.75, 3.05) is 0 Å². The largest absolute Gasteiger partial charge is 0.389 e. The van der Waals surface area contributed by atoms with E-state index in [1.54, 1.807) is 0 Å². The Balaban J connectivity index is 1.62. The van der Waals surface area contributed by atoms with Crippen molar-refractivity contribution in [3.63, 3.8) is 0 Å². The lowest BCUT2D eigenvalue weighted by Gasteiger charge is -2.49. The van der Waals surface area contributed by atoms with Crippen molar-refractivity contribution in [1.29, 1.82) is 0 Å². The zero-order valence-corrected chi connectivity index (χ0v) is 21.9. The van der Waals surface area contributed by atoms with Gasteiger partial charge in [0.25, 0.3) is 0 Å². The van der Waals surface area contributed by atoms with E-state index in [2.05, 4.69) is 5.32 Å². The van der Waals surface area contributed by atoms with E-state index in [0.717, 1.165) is 16.7 Å². The van der Waals surface area contributed by atoms with Gasteiger partial charge in [-0.1, -0.05) is 91.0 Å². The maximum Gasteiger partial charge on any atom is 0.115 e. The smallest absolute Gasteiger partial charge is 0.115 e. The first-order valence-electron chi connectivity index (χ1n) is 12.9. The quantitative estimate of drug-likeness (QED) is 0.383. The summed E-state index contributed by atoms with van der Waals surface area (Å²) < 4.78 is 19.1. The molecule has 6 atom stereocenters. The van der Waals surface area contributed by atoms with Crippen LogP contribution in [0.2, 0.25) is 0 Å². The van der Waals surface area contributed by atoms with Gasteiger partial charge in [0.2, 0.25) is 0 Å². The molecule has 6 nitrogen and oxygen atoms in total. The number of hydrogen-bond acceptors (Lipinski definition) is 6. The summed E-state index contributed by atoms with van der Waals surface area (Å²) in [6.45, 7) is 6.92. The second kappa shape index (κ2) is 12.8. The Morgan fingerprint density at radius 3 is 1.22 bits per heavy atom. The average molecular weight is 506 g/mol. The third-order valence-electron chi connectivity index (χ3n) is 6.51. The minimum absolute atomic E-state index is 0.303. The fraction of sp³-hybridized carbons (Fsp3) is 0.419. The molecule has 3 aromatic rings. The lowest BCUT2D eigenvalue weighted by Crippen LogP contribution is -2.71. The second-order valence-electron chi connectivity index (χ2n) is 10.7. The molecule has 0 aliphatic heterocycles. The van der Waals surface area contributed by atoms with Gasteiger partial charge in [-0.05, 0) is 37.5 Å². The summed E-state index contributed by atoms with van der Waals surface area (Å²) in [4.78, 5) is 0. The molecule has 1 aliphatic rings. The van der Waals surface area contributed by atoms with Crippen LogP contribution in [-0.2, 0) is 34.0 Å². The lowest BCUT2D eigenvalue weighted by atomic mass is 9.81. The highest BCUT2D eigenvalue weighted by Crippen LogP contribution is 2.31. The fourth-order valence-corrected chi connectivity index (χ4v) is 4.73. The maximum atomic E-state index is 11.5. The molecule has 0 heterocycles. The van der Waals surface area contributed by atoms with E-state index in [1.807, 2.05) is 112 Å². The number of benzene rings is 3. The van der Waals surface area contributed by atoms with Crippen LogP contribution < -0.4 is 5.32 Å². The molecule has 1 aliphatic carbocycles. The molecule has 0 amide bonds. The van der Waals surface area contributed by atoms with Gasteiger partial charge in [-0.2, -0.15) is 0 Å². The predicted molar refractivity (Wildman–Crippen MR) is 144 cm³/mol. The summed E-state index contributed by atoms with van der Waals surface area (Å²) in [5.41, 5.74) is 2.62. The van der Waals surface area contributed by atoms with Crippen LogP contribution in [0.25, 0.3) is 0 Å². The highest BCUT2D eigenvalue weighted by Gasteiger charge is 2.52. The molecule has 2 unspecified atom stereocenters. The van der Waals surface area contributed by atoms with Crippen molar-refractivity contribution in [2.45, 2.75) is 82.7 Å². The summed E-state index contributed by atoms with van der Waals surface area (Å²) in [7, 11) is 0. The van der Waals surface area contributed by atoms with E-state index in [-0.39, 0.29) is 5.54 Å². The molecule has 1 fully saturated rings. The van der Waals surface area contributed by atoms with Gasteiger partial charge in [0, 0.05) is 5.54 Å². The van der Waals surface area contributed by atoms with E-state index in [1.165, 1.54) is 0 Å². The molecule has 3 N–H and O–H groups in total. The molecule has 3 aromatic carbocycles.